The van der Waals surface area contributed by atoms with Crippen molar-refractivity contribution in [2.24, 2.45) is 0 Å². The Morgan fingerprint density at radius 3 is 2.24 bits per heavy atom. The maximum absolute atomic E-state index is 11.4. The van der Waals surface area contributed by atoms with E-state index < -0.39 is 15.9 Å². The first-order valence-corrected chi connectivity index (χ1v) is 8.34. The van der Waals surface area contributed by atoms with Crippen LogP contribution < -0.4 is 4.74 Å². The van der Waals surface area contributed by atoms with Crippen LogP contribution in [0, 0.1) is 6.92 Å². The topological polar surface area (TPSA) is 63.6 Å². The highest BCUT2D eigenvalue weighted by atomic mass is 32.2. The molecular weight excluding hydrogens is 288 g/mol. The summed E-state index contributed by atoms with van der Waals surface area (Å²) in [4.78, 5) is 0.231. The van der Waals surface area contributed by atoms with Gasteiger partial charge in [0.2, 0.25) is 0 Å². The zero-order valence-corrected chi connectivity index (χ0v) is 13.0. The summed E-state index contributed by atoms with van der Waals surface area (Å²) in [7, 11) is -1.69. The van der Waals surface area contributed by atoms with Crippen molar-refractivity contribution >= 4 is 9.84 Å². The van der Waals surface area contributed by atoms with Crippen molar-refractivity contribution in [1.29, 1.82) is 0 Å². The number of aliphatic hydroxyl groups is 1. The second kappa shape index (κ2) is 5.87. The molecule has 0 aliphatic rings. The molecule has 1 atom stereocenters. The number of hydrogen-bond acceptors (Lipinski definition) is 4. The van der Waals surface area contributed by atoms with Crippen LogP contribution in [-0.4, -0.2) is 26.9 Å². The molecule has 0 bridgehead atoms. The highest BCUT2D eigenvalue weighted by Gasteiger charge is 2.16. The van der Waals surface area contributed by atoms with E-state index in [2.05, 4.69) is 0 Å². The van der Waals surface area contributed by atoms with Crippen molar-refractivity contribution in [3.05, 3.63) is 59.2 Å². The van der Waals surface area contributed by atoms with Gasteiger partial charge < -0.3 is 9.84 Å². The second-order valence-electron chi connectivity index (χ2n) is 4.99. The molecule has 0 amide bonds. The molecule has 2 aromatic carbocycles. The third kappa shape index (κ3) is 3.43. The monoisotopic (exact) mass is 306 g/mol. The van der Waals surface area contributed by atoms with E-state index in [-0.39, 0.29) is 4.90 Å². The molecule has 0 spiro atoms. The number of benzene rings is 2. The average Bonchev–Trinajstić information content (AvgIpc) is 2.45. The molecule has 0 heterocycles. The Labute approximate surface area is 124 Å². The number of aliphatic hydroxyl groups excluding tert-OH is 1. The van der Waals surface area contributed by atoms with Crippen LogP contribution in [0.4, 0.5) is 0 Å². The highest BCUT2D eigenvalue weighted by molar-refractivity contribution is 7.90. The Hall–Kier alpha value is -1.85. The van der Waals surface area contributed by atoms with E-state index >= 15 is 0 Å². The molecule has 0 fully saturated rings. The summed E-state index contributed by atoms with van der Waals surface area (Å²) in [6.07, 6.45) is 0.288. The summed E-state index contributed by atoms with van der Waals surface area (Å²) in [6.45, 7) is 1.93. The van der Waals surface area contributed by atoms with Crippen LogP contribution in [-0.2, 0) is 9.84 Å². The van der Waals surface area contributed by atoms with Gasteiger partial charge in [-0.25, -0.2) is 8.42 Å². The number of sulfone groups is 1. The van der Waals surface area contributed by atoms with Crippen molar-refractivity contribution in [2.45, 2.75) is 17.9 Å². The van der Waals surface area contributed by atoms with Crippen LogP contribution in [0.3, 0.4) is 0 Å². The molecule has 0 saturated heterocycles. The van der Waals surface area contributed by atoms with Gasteiger partial charge >= 0.3 is 0 Å². The fourth-order valence-electron chi connectivity index (χ4n) is 2.14. The molecule has 0 aliphatic carbocycles. The zero-order chi connectivity index (χ0) is 15.6. The normalized spacial score (nSPS) is 13.0. The van der Waals surface area contributed by atoms with Gasteiger partial charge in [0.25, 0.3) is 0 Å². The van der Waals surface area contributed by atoms with Crippen molar-refractivity contribution in [2.75, 3.05) is 13.4 Å². The molecule has 5 heteroatoms. The maximum Gasteiger partial charge on any atom is 0.175 e. The number of hydrogen-bond donors (Lipinski definition) is 1. The van der Waals surface area contributed by atoms with Gasteiger partial charge in [0.05, 0.1) is 12.0 Å². The van der Waals surface area contributed by atoms with Gasteiger partial charge in [-0.15, -0.1) is 0 Å². The van der Waals surface area contributed by atoms with E-state index in [1.165, 1.54) is 12.1 Å². The lowest BCUT2D eigenvalue weighted by Crippen LogP contribution is -2.04. The van der Waals surface area contributed by atoms with Crippen LogP contribution >= 0.6 is 0 Å². The fourth-order valence-corrected chi connectivity index (χ4v) is 2.77. The zero-order valence-electron chi connectivity index (χ0n) is 12.2. The van der Waals surface area contributed by atoms with E-state index in [1.54, 1.807) is 25.3 Å². The molecule has 0 radical (unpaired) electrons. The van der Waals surface area contributed by atoms with Crippen LogP contribution in [0.2, 0.25) is 0 Å². The van der Waals surface area contributed by atoms with Gasteiger partial charge in [-0.3, -0.25) is 0 Å². The van der Waals surface area contributed by atoms with E-state index in [4.69, 9.17) is 4.74 Å². The second-order valence-corrected chi connectivity index (χ2v) is 7.00. The molecule has 21 heavy (non-hydrogen) atoms. The lowest BCUT2D eigenvalue weighted by atomic mass is 9.99. The molecule has 0 aromatic heterocycles. The fraction of sp³-hybridized carbons (Fsp3) is 0.250. The van der Waals surface area contributed by atoms with Crippen LogP contribution in [0.15, 0.2) is 47.4 Å². The molecule has 1 N–H and O–H groups in total. The van der Waals surface area contributed by atoms with Gasteiger partial charge in [0.1, 0.15) is 11.9 Å². The largest absolute Gasteiger partial charge is 0.496 e. The van der Waals surface area contributed by atoms with Crippen molar-refractivity contribution < 1.29 is 18.3 Å². The van der Waals surface area contributed by atoms with Crippen molar-refractivity contribution in [3.63, 3.8) is 0 Å². The minimum absolute atomic E-state index is 0.231. The van der Waals surface area contributed by atoms with Gasteiger partial charge in [-0.1, -0.05) is 23.8 Å². The van der Waals surface area contributed by atoms with Crippen LogP contribution in [0.1, 0.15) is 22.8 Å². The Bertz CT molecular complexity index is 733. The minimum atomic E-state index is -3.24. The number of ether oxygens (including phenoxy) is 1. The minimum Gasteiger partial charge on any atom is -0.496 e. The Kier molecular flexibility index (Phi) is 4.34. The molecule has 112 valence electrons. The molecule has 0 saturated carbocycles. The van der Waals surface area contributed by atoms with E-state index in [0.29, 0.717) is 16.9 Å². The maximum atomic E-state index is 11.4. The predicted molar refractivity (Wildman–Crippen MR) is 81.3 cm³/mol. The number of methoxy groups -OCH3 is 1. The smallest absolute Gasteiger partial charge is 0.175 e. The number of rotatable bonds is 4. The molecule has 4 nitrogen and oxygen atoms in total. The highest BCUT2D eigenvalue weighted by Crippen LogP contribution is 2.31. The standard InChI is InChI=1S/C16H18O4S/c1-11-4-9-15(20-2)14(10-11)16(17)12-5-7-13(8-6-12)21(3,18)19/h4-10,16-17H,1-3H3. The van der Waals surface area contributed by atoms with Crippen molar-refractivity contribution in [1.82, 2.24) is 0 Å². The summed E-state index contributed by atoms with van der Waals surface area (Å²) in [6, 6.07) is 11.8. The Balaban J connectivity index is 2.40. The van der Waals surface area contributed by atoms with E-state index in [0.717, 1.165) is 11.8 Å². The average molecular weight is 306 g/mol. The summed E-state index contributed by atoms with van der Waals surface area (Å²) < 4.78 is 28.2. The van der Waals surface area contributed by atoms with Crippen LogP contribution in [0.25, 0.3) is 0 Å². The lowest BCUT2D eigenvalue weighted by molar-refractivity contribution is 0.214. The predicted octanol–water partition coefficient (Wildman–Crippen LogP) is 2.49. The summed E-state index contributed by atoms with van der Waals surface area (Å²) in [5.41, 5.74) is 2.29. The van der Waals surface area contributed by atoms with E-state index in [1.807, 2.05) is 19.1 Å². The molecule has 2 rings (SSSR count). The van der Waals surface area contributed by atoms with Crippen LogP contribution in [0.5, 0.6) is 5.75 Å². The first-order chi connectivity index (χ1) is 9.82. The Morgan fingerprint density at radius 2 is 1.71 bits per heavy atom. The lowest BCUT2D eigenvalue weighted by Gasteiger charge is -2.16. The quantitative estimate of drug-likeness (QED) is 0.942. The first-order valence-electron chi connectivity index (χ1n) is 6.45. The van der Waals surface area contributed by atoms with E-state index in [9.17, 15) is 13.5 Å². The summed E-state index contributed by atoms with van der Waals surface area (Å²) in [5.74, 6) is 0.597. The SMILES string of the molecule is COc1ccc(C)cc1C(O)c1ccc(S(C)(=O)=O)cc1. The molecule has 0 aliphatic heterocycles. The summed E-state index contributed by atoms with van der Waals surface area (Å²) in [5, 5.41) is 10.5. The number of aryl methyl sites for hydroxylation is 1. The third-order valence-corrected chi connectivity index (χ3v) is 4.43. The van der Waals surface area contributed by atoms with Gasteiger partial charge in [0, 0.05) is 11.8 Å². The van der Waals surface area contributed by atoms with Gasteiger partial charge in [-0.05, 0) is 36.8 Å². The molecule has 1 unspecified atom stereocenters. The third-order valence-electron chi connectivity index (χ3n) is 3.30. The van der Waals surface area contributed by atoms with Crippen molar-refractivity contribution in [3.8, 4) is 5.75 Å². The Morgan fingerprint density at radius 1 is 1.10 bits per heavy atom. The summed E-state index contributed by atoms with van der Waals surface area (Å²) >= 11 is 0. The van der Waals surface area contributed by atoms with Gasteiger partial charge in [0.15, 0.2) is 9.84 Å². The van der Waals surface area contributed by atoms with Gasteiger partial charge in [-0.2, -0.15) is 0 Å². The molecular formula is C16H18O4S. The molecule has 2 aromatic rings. The first kappa shape index (κ1) is 15.5.